The number of carbonyl (C=O) groups is 1. The molecule has 0 aliphatic rings. The molecule has 0 fully saturated rings. The van der Waals surface area contributed by atoms with Crippen molar-refractivity contribution in [2.75, 3.05) is 4.72 Å². The van der Waals surface area contributed by atoms with Gasteiger partial charge in [-0.3, -0.25) is 29.7 Å². The Morgan fingerprint density at radius 1 is 0.842 bits per heavy atom. The quantitative estimate of drug-likeness (QED) is 0.236. The first kappa shape index (κ1) is 27.9. The third-order valence-electron chi connectivity index (χ3n) is 5.50. The molecule has 13 heteroatoms. The second-order valence-corrected chi connectivity index (χ2v) is 11.0. The second kappa shape index (κ2) is 10.8. The molecule has 12 nitrogen and oxygen atoms in total. The number of nitro groups is 2. The molecule has 0 atom stereocenters. The molecule has 0 unspecified atom stereocenters. The Morgan fingerprint density at radius 3 is 1.84 bits per heavy atom. The van der Waals surface area contributed by atoms with Crippen LogP contribution in [0.5, 0.6) is 0 Å². The number of nitrogens with zero attached hydrogens (tertiary/aromatic N) is 3. The second-order valence-electron chi connectivity index (χ2n) is 9.35. The summed E-state index contributed by atoms with van der Waals surface area (Å²) < 4.78 is 28.0. The van der Waals surface area contributed by atoms with Crippen molar-refractivity contribution in [1.82, 2.24) is 5.43 Å². The van der Waals surface area contributed by atoms with Crippen LogP contribution in [-0.2, 0) is 15.4 Å². The Balaban J connectivity index is 1.72. The molecule has 0 saturated carbocycles. The van der Waals surface area contributed by atoms with Crippen molar-refractivity contribution in [2.45, 2.75) is 38.0 Å². The molecule has 0 saturated heterocycles. The summed E-state index contributed by atoms with van der Waals surface area (Å²) in [5.41, 5.74) is 2.80. The third kappa shape index (κ3) is 6.76. The zero-order chi connectivity index (χ0) is 28.3. The topological polar surface area (TPSA) is 174 Å². The predicted molar refractivity (Wildman–Crippen MR) is 142 cm³/mol. The lowest BCUT2D eigenvalue weighted by molar-refractivity contribution is -0.394. The number of hydrogen-bond acceptors (Lipinski definition) is 8. The predicted octanol–water partition coefficient (Wildman–Crippen LogP) is 4.76. The van der Waals surface area contributed by atoms with Crippen LogP contribution in [0, 0.1) is 20.2 Å². The van der Waals surface area contributed by atoms with Gasteiger partial charge in [0, 0.05) is 17.8 Å². The highest BCUT2D eigenvalue weighted by atomic mass is 32.2. The zero-order valence-electron chi connectivity index (χ0n) is 21.0. The summed E-state index contributed by atoms with van der Waals surface area (Å²) in [4.78, 5) is 32.9. The van der Waals surface area contributed by atoms with Gasteiger partial charge in [-0.05, 0) is 47.7 Å². The van der Waals surface area contributed by atoms with Gasteiger partial charge in [-0.15, -0.1) is 0 Å². The van der Waals surface area contributed by atoms with Gasteiger partial charge in [0.05, 0.1) is 32.1 Å². The highest BCUT2D eigenvalue weighted by molar-refractivity contribution is 7.92. The van der Waals surface area contributed by atoms with Crippen LogP contribution in [0.1, 0.15) is 49.2 Å². The van der Waals surface area contributed by atoms with Crippen LogP contribution < -0.4 is 10.1 Å². The highest BCUT2D eigenvalue weighted by Crippen LogP contribution is 2.25. The minimum absolute atomic E-state index is 0.110. The standard InChI is InChI=1S/C25H25N5O7S/c1-16(26-27-24(31)18-13-21(29(32)33)15-22(14-18)30(34)35)17-5-9-20(10-6-17)28-38(36,37)23-11-7-19(8-12-23)25(2,3)4/h5-15,28H,1-4H3,(H,27,31)/b26-16-. The number of sulfonamides is 1. The molecule has 0 aromatic heterocycles. The maximum atomic E-state index is 12.8. The molecule has 0 radical (unpaired) electrons. The summed E-state index contributed by atoms with van der Waals surface area (Å²) in [5, 5.41) is 26.0. The summed E-state index contributed by atoms with van der Waals surface area (Å²) in [7, 11) is -3.81. The molecule has 0 heterocycles. The fourth-order valence-electron chi connectivity index (χ4n) is 3.33. The largest absolute Gasteiger partial charge is 0.280 e. The van der Waals surface area contributed by atoms with Crippen molar-refractivity contribution in [3.8, 4) is 0 Å². The Kier molecular flexibility index (Phi) is 7.91. The zero-order valence-corrected chi connectivity index (χ0v) is 21.8. The van der Waals surface area contributed by atoms with Gasteiger partial charge in [0.2, 0.25) is 0 Å². The van der Waals surface area contributed by atoms with Gasteiger partial charge in [0.25, 0.3) is 27.3 Å². The highest BCUT2D eigenvalue weighted by Gasteiger charge is 2.20. The van der Waals surface area contributed by atoms with Crippen LogP contribution in [-0.4, -0.2) is 29.9 Å². The molecule has 3 aromatic carbocycles. The lowest BCUT2D eigenvalue weighted by Gasteiger charge is -2.19. The van der Waals surface area contributed by atoms with Crippen molar-refractivity contribution in [3.63, 3.8) is 0 Å². The van der Waals surface area contributed by atoms with E-state index in [1.807, 2.05) is 20.8 Å². The van der Waals surface area contributed by atoms with Gasteiger partial charge in [0.15, 0.2) is 0 Å². The van der Waals surface area contributed by atoms with E-state index in [9.17, 15) is 33.4 Å². The number of non-ortho nitro benzene ring substituents is 2. The Bertz CT molecular complexity index is 1490. The van der Waals surface area contributed by atoms with Crippen LogP contribution in [0.4, 0.5) is 17.1 Å². The monoisotopic (exact) mass is 539 g/mol. The fourth-order valence-corrected chi connectivity index (χ4v) is 4.39. The molecular formula is C25H25N5O7S. The average molecular weight is 540 g/mol. The van der Waals surface area contributed by atoms with E-state index < -0.39 is 37.2 Å². The summed E-state index contributed by atoms with van der Waals surface area (Å²) in [6.45, 7) is 7.68. The average Bonchev–Trinajstić information content (AvgIpc) is 2.86. The molecule has 38 heavy (non-hydrogen) atoms. The first-order valence-electron chi connectivity index (χ1n) is 11.2. The first-order valence-corrected chi connectivity index (χ1v) is 12.7. The molecule has 0 bridgehead atoms. The van der Waals surface area contributed by atoms with E-state index in [0.717, 1.165) is 23.8 Å². The van der Waals surface area contributed by atoms with Gasteiger partial charge < -0.3 is 0 Å². The van der Waals surface area contributed by atoms with E-state index in [1.54, 1.807) is 43.3 Å². The molecule has 0 spiro atoms. The van der Waals surface area contributed by atoms with Crippen molar-refractivity contribution in [3.05, 3.63) is 104 Å². The molecule has 0 aliphatic heterocycles. The fraction of sp³-hybridized carbons (Fsp3) is 0.200. The van der Waals surface area contributed by atoms with Gasteiger partial charge in [-0.2, -0.15) is 5.10 Å². The molecule has 0 aliphatic carbocycles. The van der Waals surface area contributed by atoms with Crippen molar-refractivity contribution in [1.29, 1.82) is 0 Å². The molecule has 198 valence electrons. The Labute approximate surface area is 218 Å². The summed E-state index contributed by atoms with van der Waals surface area (Å²) >= 11 is 0. The minimum atomic E-state index is -3.81. The number of benzene rings is 3. The van der Waals surface area contributed by atoms with Crippen molar-refractivity contribution >= 4 is 38.7 Å². The number of nitrogens with one attached hydrogen (secondary N) is 2. The normalized spacial score (nSPS) is 12.1. The van der Waals surface area contributed by atoms with Crippen LogP contribution in [0.15, 0.2) is 76.7 Å². The molecule has 2 N–H and O–H groups in total. The van der Waals surface area contributed by atoms with E-state index in [-0.39, 0.29) is 15.9 Å². The molecule has 3 aromatic rings. The van der Waals surface area contributed by atoms with Gasteiger partial charge in [0.1, 0.15) is 0 Å². The number of carbonyl (C=O) groups excluding carboxylic acids is 1. The van der Waals surface area contributed by atoms with Crippen LogP contribution >= 0.6 is 0 Å². The first-order chi connectivity index (χ1) is 17.7. The van der Waals surface area contributed by atoms with E-state index in [1.165, 1.54) is 12.1 Å². The SMILES string of the molecule is C/C(=N/NC(=O)c1cc([N+](=O)[O-])cc([N+](=O)[O-])c1)c1ccc(NS(=O)(=O)c2ccc(C(C)(C)C)cc2)cc1. The van der Waals surface area contributed by atoms with E-state index in [2.05, 4.69) is 15.2 Å². The maximum Gasteiger partial charge on any atom is 0.277 e. The number of hydrazone groups is 1. The number of rotatable bonds is 8. The lowest BCUT2D eigenvalue weighted by Crippen LogP contribution is -2.19. The van der Waals surface area contributed by atoms with E-state index >= 15 is 0 Å². The smallest absolute Gasteiger partial charge is 0.277 e. The summed E-state index contributed by atoms with van der Waals surface area (Å²) in [6.07, 6.45) is 0. The summed E-state index contributed by atoms with van der Waals surface area (Å²) in [6, 6.07) is 15.4. The molecule has 1 amide bonds. The van der Waals surface area contributed by atoms with Crippen LogP contribution in [0.2, 0.25) is 0 Å². The molecule has 3 rings (SSSR count). The minimum Gasteiger partial charge on any atom is -0.280 e. The molecular weight excluding hydrogens is 514 g/mol. The van der Waals surface area contributed by atoms with Gasteiger partial charge >= 0.3 is 0 Å². The van der Waals surface area contributed by atoms with Crippen molar-refractivity contribution in [2.24, 2.45) is 5.10 Å². The Hall–Kier alpha value is -4.65. The van der Waals surface area contributed by atoms with Gasteiger partial charge in [-0.1, -0.05) is 45.0 Å². The van der Waals surface area contributed by atoms with Crippen LogP contribution in [0.25, 0.3) is 0 Å². The lowest BCUT2D eigenvalue weighted by atomic mass is 9.87. The number of hydrogen-bond donors (Lipinski definition) is 2. The number of nitro benzene ring substituents is 2. The van der Waals surface area contributed by atoms with Gasteiger partial charge in [-0.25, -0.2) is 13.8 Å². The van der Waals surface area contributed by atoms with Crippen LogP contribution in [0.3, 0.4) is 0 Å². The van der Waals surface area contributed by atoms with E-state index in [4.69, 9.17) is 0 Å². The maximum absolute atomic E-state index is 12.8. The van der Waals surface area contributed by atoms with Crippen molar-refractivity contribution < 1.29 is 23.1 Å². The number of amides is 1. The Morgan fingerprint density at radius 2 is 1.37 bits per heavy atom. The van der Waals surface area contributed by atoms with E-state index in [0.29, 0.717) is 17.0 Å². The third-order valence-corrected chi connectivity index (χ3v) is 6.89. The summed E-state index contributed by atoms with van der Waals surface area (Å²) in [5.74, 6) is -0.877. The number of anilines is 1.